The van der Waals surface area contributed by atoms with Gasteiger partial charge in [0.05, 0.1) is 21.3 Å². The molecule has 1 unspecified atom stereocenters. The predicted molar refractivity (Wildman–Crippen MR) is 86.7 cm³/mol. The zero-order valence-corrected chi connectivity index (χ0v) is 14.5. The van der Waals surface area contributed by atoms with E-state index in [-0.39, 0.29) is 28.3 Å². The number of sulfone groups is 1. The average molecular weight is 369 g/mol. The van der Waals surface area contributed by atoms with Gasteiger partial charge in [0.15, 0.2) is 9.84 Å². The Hall–Kier alpha value is -1.94. The largest absolute Gasteiger partial charge is 0.416 e. The van der Waals surface area contributed by atoms with Crippen molar-refractivity contribution in [3.05, 3.63) is 39.8 Å². The third kappa shape index (κ3) is 3.93. The monoisotopic (exact) mass is 369 g/mol. The first-order chi connectivity index (χ1) is 11.3. The number of hydrogen-bond acceptors (Lipinski definition) is 8. The van der Waals surface area contributed by atoms with Crippen LogP contribution in [0.15, 0.2) is 32.7 Å². The number of nitro groups is 1. The van der Waals surface area contributed by atoms with E-state index >= 15 is 0 Å². The molecule has 0 saturated carbocycles. The number of nitrogens with zero attached hydrogens (tertiary/aromatic N) is 3. The van der Waals surface area contributed by atoms with E-state index in [0.29, 0.717) is 23.6 Å². The first kappa shape index (κ1) is 16.9. The molecular formula is C14H15N3O5S2. The number of aryl methyl sites for hydroxylation is 1. The van der Waals surface area contributed by atoms with E-state index in [4.69, 9.17) is 4.42 Å². The normalized spacial score (nSPS) is 19.5. The van der Waals surface area contributed by atoms with Crippen molar-refractivity contribution in [1.82, 2.24) is 10.2 Å². The molecule has 2 heterocycles. The Morgan fingerprint density at radius 3 is 2.88 bits per heavy atom. The van der Waals surface area contributed by atoms with Crippen molar-refractivity contribution < 1.29 is 17.8 Å². The van der Waals surface area contributed by atoms with Gasteiger partial charge in [-0.3, -0.25) is 10.1 Å². The zero-order chi connectivity index (χ0) is 17.3. The highest BCUT2D eigenvalue weighted by atomic mass is 32.2. The maximum atomic E-state index is 11.5. The maximum absolute atomic E-state index is 11.5. The van der Waals surface area contributed by atoms with Crippen LogP contribution in [0.1, 0.15) is 17.9 Å². The van der Waals surface area contributed by atoms with Gasteiger partial charge < -0.3 is 4.42 Å². The van der Waals surface area contributed by atoms with E-state index in [2.05, 4.69) is 10.2 Å². The van der Waals surface area contributed by atoms with Gasteiger partial charge in [0.1, 0.15) is 0 Å². The van der Waals surface area contributed by atoms with Crippen LogP contribution in [-0.2, 0) is 16.3 Å². The Morgan fingerprint density at radius 1 is 1.42 bits per heavy atom. The molecule has 0 amide bonds. The summed E-state index contributed by atoms with van der Waals surface area (Å²) in [5.74, 6) is 0.681. The van der Waals surface area contributed by atoms with Crippen LogP contribution in [-0.4, -0.2) is 35.0 Å². The molecule has 1 aromatic carbocycles. The van der Waals surface area contributed by atoms with E-state index in [1.165, 1.54) is 6.07 Å². The lowest BCUT2D eigenvalue weighted by molar-refractivity contribution is -0.387. The molecule has 0 aliphatic carbocycles. The molecule has 1 aliphatic heterocycles. The van der Waals surface area contributed by atoms with Gasteiger partial charge in [0, 0.05) is 12.5 Å². The van der Waals surface area contributed by atoms with Crippen molar-refractivity contribution in [3.63, 3.8) is 0 Å². The van der Waals surface area contributed by atoms with Crippen molar-refractivity contribution in [2.75, 3.05) is 11.5 Å². The molecule has 1 atom stereocenters. The topological polar surface area (TPSA) is 116 Å². The fraction of sp³-hybridized carbons (Fsp3) is 0.429. The van der Waals surface area contributed by atoms with Gasteiger partial charge in [-0.05, 0) is 42.7 Å². The molecule has 2 aromatic rings. The van der Waals surface area contributed by atoms with E-state index in [1.54, 1.807) is 19.1 Å². The lowest BCUT2D eigenvalue weighted by atomic mass is 10.1. The molecule has 0 N–H and O–H groups in total. The predicted octanol–water partition coefficient (Wildman–Crippen LogP) is 2.41. The van der Waals surface area contributed by atoms with Crippen LogP contribution < -0.4 is 0 Å². The van der Waals surface area contributed by atoms with Gasteiger partial charge >= 0.3 is 0 Å². The van der Waals surface area contributed by atoms with Gasteiger partial charge in [0.25, 0.3) is 10.9 Å². The Balaban J connectivity index is 1.72. The molecule has 10 heteroatoms. The molecule has 24 heavy (non-hydrogen) atoms. The van der Waals surface area contributed by atoms with Crippen molar-refractivity contribution in [2.24, 2.45) is 5.92 Å². The second-order valence-corrected chi connectivity index (χ2v) is 8.99. The molecule has 0 spiro atoms. The quantitative estimate of drug-likeness (QED) is 0.583. The molecule has 1 saturated heterocycles. The lowest BCUT2D eigenvalue weighted by Crippen LogP contribution is -2.07. The minimum absolute atomic E-state index is 0.0120. The first-order valence-corrected chi connectivity index (χ1v) is 9.92. The smallest absolute Gasteiger partial charge is 0.283 e. The third-order valence-corrected chi connectivity index (χ3v) is 6.49. The minimum atomic E-state index is -2.95. The highest BCUT2D eigenvalue weighted by molar-refractivity contribution is 7.99. The van der Waals surface area contributed by atoms with Crippen molar-refractivity contribution >= 4 is 27.3 Å². The van der Waals surface area contributed by atoms with Crippen LogP contribution >= 0.6 is 11.8 Å². The van der Waals surface area contributed by atoms with Crippen molar-refractivity contribution in [2.45, 2.75) is 29.9 Å². The summed E-state index contributed by atoms with van der Waals surface area (Å²) < 4.78 is 28.4. The number of rotatable bonds is 5. The Kier molecular flexibility index (Phi) is 4.59. The molecule has 128 valence electrons. The van der Waals surface area contributed by atoms with E-state index in [1.807, 2.05) is 0 Å². The standard InChI is InChI=1S/C14H15N3O5S2/c1-9-2-3-12(11(6-9)17(18)19)23-14-16-15-13(22-14)7-10-4-5-24(20,21)8-10/h2-3,6,10H,4-5,7-8H2,1H3. The summed E-state index contributed by atoms with van der Waals surface area (Å²) >= 11 is 1.03. The molecule has 1 aliphatic rings. The van der Waals surface area contributed by atoms with Gasteiger partial charge in [-0.15, -0.1) is 10.2 Å². The summed E-state index contributed by atoms with van der Waals surface area (Å²) in [7, 11) is -2.95. The molecule has 3 rings (SSSR count). The Bertz CT molecular complexity index is 878. The summed E-state index contributed by atoms with van der Waals surface area (Å²) in [4.78, 5) is 11.1. The Labute approximate surface area is 142 Å². The summed E-state index contributed by atoms with van der Waals surface area (Å²) in [6, 6.07) is 4.91. The maximum Gasteiger partial charge on any atom is 0.283 e. The molecule has 1 aromatic heterocycles. The molecular weight excluding hydrogens is 354 g/mol. The summed E-state index contributed by atoms with van der Waals surface area (Å²) in [5, 5.41) is 19.1. The van der Waals surface area contributed by atoms with E-state index < -0.39 is 14.8 Å². The molecule has 0 radical (unpaired) electrons. The number of nitro benzene ring substituents is 1. The van der Waals surface area contributed by atoms with Gasteiger partial charge in [-0.1, -0.05) is 6.07 Å². The number of aromatic nitrogens is 2. The van der Waals surface area contributed by atoms with E-state index in [9.17, 15) is 18.5 Å². The van der Waals surface area contributed by atoms with Gasteiger partial charge in [-0.2, -0.15) is 0 Å². The van der Waals surface area contributed by atoms with E-state index in [0.717, 1.165) is 17.3 Å². The van der Waals surface area contributed by atoms with Crippen LogP contribution in [0.25, 0.3) is 0 Å². The zero-order valence-electron chi connectivity index (χ0n) is 12.8. The SMILES string of the molecule is Cc1ccc(Sc2nnc(CC3CCS(=O)(=O)C3)o2)c([N+](=O)[O-])c1. The van der Waals surface area contributed by atoms with Crippen molar-refractivity contribution in [3.8, 4) is 0 Å². The number of hydrogen-bond donors (Lipinski definition) is 0. The Morgan fingerprint density at radius 2 is 2.21 bits per heavy atom. The molecule has 0 bridgehead atoms. The average Bonchev–Trinajstić information content (AvgIpc) is 3.07. The summed E-state index contributed by atoms with van der Waals surface area (Å²) in [6.45, 7) is 1.78. The third-order valence-electron chi connectivity index (χ3n) is 3.75. The van der Waals surface area contributed by atoms with Crippen LogP contribution in [0.4, 0.5) is 5.69 Å². The van der Waals surface area contributed by atoms with Gasteiger partial charge in [0.2, 0.25) is 5.89 Å². The second-order valence-electron chi connectivity index (χ2n) is 5.77. The van der Waals surface area contributed by atoms with Crippen LogP contribution in [0.2, 0.25) is 0 Å². The lowest BCUT2D eigenvalue weighted by Gasteiger charge is -2.02. The minimum Gasteiger partial charge on any atom is -0.416 e. The van der Waals surface area contributed by atoms with Crippen LogP contribution in [0.3, 0.4) is 0 Å². The second kappa shape index (κ2) is 6.52. The molecule has 8 nitrogen and oxygen atoms in total. The molecule has 1 fully saturated rings. The fourth-order valence-electron chi connectivity index (χ4n) is 2.59. The van der Waals surface area contributed by atoms with Gasteiger partial charge in [-0.25, -0.2) is 8.42 Å². The van der Waals surface area contributed by atoms with Crippen LogP contribution in [0, 0.1) is 23.0 Å². The summed E-state index contributed by atoms with van der Waals surface area (Å²) in [5.41, 5.74) is 0.779. The number of benzene rings is 1. The highest BCUT2D eigenvalue weighted by Gasteiger charge is 2.29. The van der Waals surface area contributed by atoms with Crippen LogP contribution in [0.5, 0.6) is 0 Å². The fourth-order valence-corrected chi connectivity index (χ4v) is 5.24. The summed E-state index contributed by atoms with van der Waals surface area (Å²) in [6.07, 6.45) is 0.999. The highest BCUT2D eigenvalue weighted by Crippen LogP contribution is 2.35. The van der Waals surface area contributed by atoms with Crippen molar-refractivity contribution in [1.29, 1.82) is 0 Å². The first-order valence-electron chi connectivity index (χ1n) is 7.28.